The van der Waals surface area contributed by atoms with Crippen molar-refractivity contribution in [3.8, 4) is 11.4 Å². The first-order chi connectivity index (χ1) is 8.27. The van der Waals surface area contributed by atoms with E-state index >= 15 is 0 Å². The molecule has 2 aromatic rings. The molecule has 3 heterocycles. The maximum absolute atomic E-state index is 4.33. The highest BCUT2D eigenvalue weighted by atomic mass is 15.2. The molecule has 4 heteroatoms. The second-order valence-corrected chi connectivity index (χ2v) is 4.55. The highest BCUT2D eigenvalue weighted by Crippen LogP contribution is 2.29. The van der Waals surface area contributed by atoms with E-state index in [1.165, 1.54) is 11.4 Å². The van der Waals surface area contributed by atoms with Gasteiger partial charge in [0, 0.05) is 31.0 Å². The van der Waals surface area contributed by atoms with Crippen molar-refractivity contribution in [3.05, 3.63) is 36.4 Å². The van der Waals surface area contributed by atoms with E-state index in [0.717, 1.165) is 18.8 Å². The molecule has 1 atom stereocenters. The fourth-order valence-corrected chi connectivity index (χ4v) is 2.44. The third-order valence-corrected chi connectivity index (χ3v) is 3.62. The first-order valence-electron chi connectivity index (χ1n) is 5.93. The Morgan fingerprint density at radius 1 is 1.24 bits per heavy atom. The summed E-state index contributed by atoms with van der Waals surface area (Å²) in [6.45, 7) is 4.36. The number of fused-ring (bicyclic) bond motifs is 1. The van der Waals surface area contributed by atoms with Crippen molar-refractivity contribution in [1.82, 2.24) is 19.4 Å². The largest absolute Gasteiger partial charge is 0.341 e. The van der Waals surface area contributed by atoms with Gasteiger partial charge in [-0.1, -0.05) is 0 Å². The summed E-state index contributed by atoms with van der Waals surface area (Å²) >= 11 is 0. The Bertz CT molecular complexity index is 517. The first kappa shape index (κ1) is 10.5. The van der Waals surface area contributed by atoms with Crippen LogP contribution in [0.3, 0.4) is 0 Å². The van der Waals surface area contributed by atoms with E-state index in [9.17, 15) is 0 Å². The highest BCUT2D eigenvalue weighted by Gasteiger charge is 2.23. The average molecular weight is 228 g/mol. The summed E-state index contributed by atoms with van der Waals surface area (Å²) in [4.78, 5) is 10.7. The van der Waals surface area contributed by atoms with Crippen LogP contribution in [-0.4, -0.2) is 33.0 Å². The lowest BCUT2D eigenvalue weighted by atomic mass is 10.2. The third kappa shape index (κ3) is 1.65. The molecule has 0 aliphatic carbocycles. The van der Waals surface area contributed by atoms with Crippen LogP contribution in [0.5, 0.6) is 0 Å². The van der Waals surface area contributed by atoms with Crippen LogP contribution in [0, 0.1) is 0 Å². The Hall–Kier alpha value is -1.68. The lowest BCUT2D eigenvalue weighted by Gasteiger charge is -2.32. The molecule has 0 saturated carbocycles. The molecule has 0 amide bonds. The summed E-state index contributed by atoms with van der Waals surface area (Å²) < 4.78 is 2.37. The molecule has 4 nitrogen and oxygen atoms in total. The van der Waals surface area contributed by atoms with Gasteiger partial charge in [0.05, 0.1) is 11.4 Å². The van der Waals surface area contributed by atoms with E-state index in [4.69, 9.17) is 0 Å². The van der Waals surface area contributed by atoms with Gasteiger partial charge in [0.2, 0.25) is 0 Å². The first-order valence-corrected chi connectivity index (χ1v) is 5.93. The van der Waals surface area contributed by atoms with Crippen LogP contribution in [-0.2, 0) is 6.54 Å². The quantitative estimate of drug-likeness (QED) is 0.748. The molecule has 0 fully saturated rings. The molecule has 0 N–H and O–H groups in total. The van der Waals surface area contributed by atoms with Gasteiger partial charge in [-0.25, -0.2) is 9.97 Å². The van der Waals surface area contributed by atoms with Crippen molar-refractivity contribution in [1.29, 1.82) is 0 Å². The van der Waals surface area contributed by atoms with Gasteiger partial charge in [0.15, 0.2) is 0 Å². The summed E-state index contributed by atoms with van der Waals surface area (Å²) in [5, 5.41) is 0. The van der Waals surface area contributed by atoms with Crippen molar-refractivity contribution in [3.63, 3.8) is 0 Å². The molecule has 0 aromatic carbocycles. The Morgan fingerprint density at radius 3 is 2.88 bits per heavy atom. The predicted molar refractivity (Wildman–Crippen MR) is 66.5 cm³/mol. The topological polar surface area (TPSA) is 34.0 Å². The lowest BCUT2D eigenvalue weighted by Crippen LogP contribution is -2.33. The van der Waals surface area contributed by atoms with Crippen LogP contribution in [0.25, 0.3) is 11.4 Å². The smallest absolute Gasteiger partial charge is 0.116 e. The van der Waals surface area contributed by atoms with Gasteiger partial charge in [-0.3, -0.25) is 4.90 Å². The second kappa shape index (κ2) is 3.96. The summed E-state index contributed by atoms with van der Waals surface area (Å²) in [5.41, 5.74) is 3.57. The van der Waals surface area contributed by atoms with Crippen LogP contribution in [0.4, 0.5) is 0 Å². The second-order valence-electron chi connectivity index (χ2n) is 4.55. The van der Waals surface area contributed by atoms with E-state index in [-0.39, 0.29) is 0 Å². The summed E-state index contributed by atoms with van der Waals surface area (Å²) in [5.74, 6) is 0. The number of nitrogens with zero attached hydrogens (tertiary/aromatic N) is 4. The molecule has 2 aromatic heterocycles. The van der Waals surface area contributed by atoms with Crippen molar-refractivity contribution in [2.24, 2.45) is 0 Å². The van der Waals surface area contributed by atoms with Gasteiger partial charge in [-0.2, -0.15) is 0 Å². The minimum Gasteiger partial charge on any atom is -0.341 e. The maximum atomic E-state index is 4.33. The Balaban J connectivity index is 2.08. The van der Waals surface area contributed by atoms with Crippen LogP contribution in [0.15, 0.2) is 30.7 Å². The van der Waals surface area contributed by atoms with E-state index < -0.39 is 0 Å². The minimum atomic E-state index is 0.472. The minimum absolute atomic E-state index is 0.472. The van der Waals surface area contributed by atoms with E-state index in [0.29, 0.717) is 6.04 Å². The molecule has 0 spiro atoms. The zero-order chi connectivity index (χ0) is 11.8. The van der Waals surface area contributed by atoms with Gasteiger partial charge in [0.1, 0.15) is 6.33 Å². The van der Waals surface area contributed by atoms with Gasteiger partial charge in [-0.15, -0.1) is 0 Å². The molecular weight excluding hydrogens is 212 g/mol. The fourth-order valence-electron chi connectivity index (χ4n) is 2.44. The molecule has 17 heavy (non-hydrogen) atoms. The Morgan fingerprint density at radius 2 is 2.12 bits per heavy atom. The summed E-state index contributed by atoms with van der Waals surface area (Å²) in [6, 6.07) is 6.80. The van der Waals surface area contributed by atoms with Crippen LogP contribution in [0.2, 0.25) is 0 Å². The maximum Gasteiger partial charge on any atom is 0.116 e. The standard InChI is InChI=1S/C13H16N4/c1-10-12-3-4-13(11-5-6-14-9-15-11)17(12)8-7-16(10)2/h3-6,9-10H,7-8H2,1-2H3. The van der Waals surface area contributed by atoms with Gasteiger partial charge in [0.25, 0.3) is 0 Å². The lowest BCUT2D eigenvalue weighted by molar-refractivity contribution is 0.212. The van der Waals surface area contributed by atoms with Crippen LogP contribution in [0.1, 0.15) is 18.7 Å². The predicted octanol–water partition coefficient (Wildman–Crippen LogP) is 1.95. The fraction of sp³-hybridized carbons (Fsp3) is 0.385. The normalized spacial score (nSPS) is 20.2. The number of hydrogen-bond acceptors (Lipinski definition) is 3. The summed E-state index contributed by atoms with van der Waals surface area (Å²) in [7, 11) is 2.17. The third-order valence-electron chi connectivity index (χ3n) is 3.62. The molecule has 1 unspecified atom stereocenters. The van der Waals surface area contributed by atoms with Gasteiger partial charge in [-0.05, 0) is 32.2 Å². The number of hydrogen-bond donors (Lipinski definition) is 0. The van der Waals surface area contributed by atoms with Crippen molar-refractivity contribution in [2.75, 3.05) is 13.6 Å². The molecule has 0 saturated heterocycles. The molecule has 0 bridgehead atoms. The summed E-state index contributed by atoms with van der Waals surface area (Å²) in [6.07, 6.45) is 3.40. The van der Waals surface area contributed by atoms with Gasteiger partial charge >= 0.3 is 0 Å². The van der Waals surface area contributed by atoms with Crippen molar-refractivity contribution in [2.45, 2.75) is 19.5 Å². The molecule has 3 rings (SSSR count). The average Bonchev–Trinajstić information content (AvgIpc) is 2.79. The van der Waals surface area contributed by atoms with Crippen LogP contribution < -0.4 is 0 Å². The molecule has 88 valence electrons. The number of likely N-dealkylation sites (N-methyl/N-ethyl adjacent to an activating group) is 1. The Kier molecular flexibility index (Phi) is 2.44. The highest BCUT2D eigenvalue weighted by molar-refractivity contribution is 5.56. The van der Waals surface area contributed by atoms with Crippen molar-refractivity contribution < 1.29 is 0 Å². The van der Waals surface area contributed by atoms with E-state index in [1.54, 1.807) is 12.5 Å². The van der Waals surface area contributed by atoms with E-state index in [1.807, 2.05) is 6.07 Å². The van der Waals surface area contributed by atoms with Crippen LogP contribution >= 0.6 is 0 Å². The molecule has 0 radical (unpaired) electrons. The van der Waals surface area contributed by atoms with E-state index in [2.05, 4.69) is 45.5 Å². The van der Waals surface area contributed by atoms with Crippen molar-refractivity contribution >= 4 is 0 Å². The molecule has 1 aliphatic rings. The van der Waals surface area contributed by atoms with Gasteiger partial charge < -0.3 is 4.57 Å². The SMILES string of the molecule is CC1c2ccc(-c3ccncn3)n2CCN1C. The zero-order valence-corrected chi connectivity index (χ0v) is 10.2. The molecule has 1 aliphatic heterocycles. The molecular formula is C13H16N4. The Labute approximate surface area is 101 Å². The monoisotopic (exact) mass is 228 g/mol. The zero-order valence-electron chi connectivity index (χ0n) is 10.2. The number of rotatable bonds is 1. The number of aromatic nitrogens is 3.